The van der Waals surface area contributed by atoms with Crippen LogP contribution in [-0.2, 0) is 0 Å². The molecule has 1 aliphatic heterocycles. The minimum atomic E-state index is -0.341. The average molecular weight is 360 g/mol. The molecule has 1 amide bonds. The third-order valence-electron chi connectivity index (χ3n) is 4.42. The lowest BCUT2D eigenvalue weighted by Crippen LogP contribution is -2.33. The highest BCUT2D eigenvalue weighted by atomic mass is 16.3. The molecular formula is C21H16N2O4. The van der Waals surface area contributed by atoms with Gasteiger partial charge in [-0.25, -0.2) is 5.84 Å². The van der Waals surface area contributed by atoms with Crippen LogP contribution < -0.4 is 11.3 Å². The van der Waals surface area contributed by atoms with E-state index in [1.54, 1.807) is 30.3 Å². The van der Waals surface area contributed by atoms with Gasteiger partial charge in [-0.05, 0) is 35.9 Å². The summed E-state index contributed by atoms with van der Waals surface area (Å²) in [7, 11) is 1.48. The molecule has 4 rings (SSSR count). The maximum atomic E-state index is 12.6. The van der Waals surface area contributed by atoms with E-state index in [9.17, 15) is 14.7 Å². The number of hydrazine groups is 1. The zero-order valence-corrected chi connectivity index (χ0v) is 14.5. The Kier molecular flexibility index (Phi) is 3.90. The van der Waals surface area contributed by atoms with E-state index < -0.39 is 0 Å². The molecule has 2 aromatic carbocycles. The molecule has 0 saturated heterocycles. The van der Waals surface area contributed by atoms with Gasteiger partial charge < -0.3 is 9.52 Å². The van der Waals surface area contributed by atoms with Crippen molar-refractivity contribution in [2.45, 2.75) is 0 Å². The van der Waals surface area contributed by atoms with Crippen molar-refractivity contribution < 1.29 is 14.3 Å². The molecule has 0 aromatic heterocycles. The number of nitrogens with two attached hydrogens (primary N) is 1. The van der Waals surface area contributed by atoms with Crippen LogP contribution in [0.3, 0.4) is 0 Å². The molecule has 134 valence electrons. The summed E-state index contributed by atoms with van der Waals surface area (Å²) in [5.74, 6) is 5.75. The minimum Gasteiger partial charge on any atom is -0.508 e. The molecule has 3 N–H and O–H groups in total. The predicted molar refractivity (Wildman–Crippen MR) is 102 cm³/mol. The number of phenolic OH excluding ortho intramolecular Hbond substituents is 1. The summed E-state index contributed by atoms with van der Waals surface area (Å²) >= 11 is 0. The van der Waals surface area contributed by atoms with E-state index in [1.165, 1.54) is 25.2 Å². The van der Waals surface area contributed by atoms with Crippen molar-refractivity contribution in [1.29, 1.82) is 0 Å². The van der Waals surface area contributed by atoms with Gasteiger partial charge in [-0.1, -0.05) is 18.2 Å². The smallest absolute Gasteiger partial charge is 0.268 e. The Hall–Kier alpha value is -3.64. The van der Waals surface area contributed by atoms with Crippen LogP contribution in [0.5, 0.6) is 5.75 Å². The molecule has 0 bridgehead atoms. The van der Waals surface area contributed by atoms with Crippen LogP contribution in [0.15, 0.2) is 69.9 Å². The van der Waals surface area contributed by atoms with E-state index in [2.05, 4.69) is 0 Å². The van der Waals surface area contributed by atoms with Crippen LogP contribution in [0, 0.1) is 0 Å². The van der Waals surface area contributed by atoms with Crippen molar-refractivity contribution >= 4 is 16.9 Å². The Balaban J connectivity index is 2.16. The fourth-order valence-corrected chi connectivity index (χ4v) is 3.23. The Morgan fingerprint density at radius 1 is 1.04 bits per heavy atom. The molecule has 6 nitrogen and oxygen atoms in total. The number of nitrogens with zero attached hydrogens (tertiary/aromatic N) is 1. The lowest BCUT2D eigenvalue weighted by molar-refractivity contribution is 0.0796. The summed E-state index contributed by atoms with van der Waals surface area (Å²) in [5, 5.41) is 11.6. The number of hydrogen-bond donors (Lipinski definition) is 2. The minimum absolute atomic E-state index is 0.0425. The molecule has 0 fully saturated rings. The standard InChI is InChI=1S/C21H16N2O4/c1-23(22)21(26)15-5-3-2-4-14(15)20-16-8-6-12(24)10-18(16)27-19-11-13(25)7-9-17(19)20/h2-11,24H,22H2,1H3. The average Bonchev–Trinajstić information content (AvgIpc) is 2.65. The second-order valence-corrected chi connectivity index (χ2v) is 6.28. The summed E-state index contributed by atoms with van der Waals surface area (Å²) in [4.78, 5) is 24.4. The van der Waals surface area contributed by atoms with Crippen molar-refractivity contribution in [2.24, 2.45) is 5.84 Å². The first-order chi connectivity index (χ1) is 13.0. The van der Waals surface area contributed by atoms with E-state index in [0.717, 1.165) is 10.6 Å². The van der Waals surface area contributed by atoms with Crippen molar-refractivity contribution in [2.75, 3.05) is 7.05 Å². The van der Waals surface area contributed by atoms with Gasteiger partial charge in [0.1, 0.15) is 17.1 Å². The second-order valence-electron chi connectivity index (χ2n) is 6.28. The highest BCUT2D eigenvalue weighted by molar-refractivity contribution is 6.09. The zero-order chi connectivity index (χ0) is 19.1. The number of phenols is 1. The van der Waals surface area contributed by atoms with Gasteiger partial charge in [0.25, 0.3) is 5.91 Å². The van der Waals surface area contributed by atoms with Gasteiger partial charge in [0.2, 0.25) is 0 Å². The van der Waals surface area contributed by atoms with E-state index in [4.69, 9.17) is 10.3 Å². The normalized spacial score (nSPS) is 11.0. The summed E-state index contributed by atoms with van der Waals surface area (Å²) in [5.41, 5.74) is 2.73. The molecule has 0 atom stereocenters. The van der Waals surface area contributed by atoms with E-state index in [0.29, 0.717) is 33.4 Å². The van der Waals surface area contributed by atoms with Crippen LogP contribution >= 0.6 is 0 Å². The number of hydrogen-bond acceptors (Lipinski definition) is 5. The third-order valence-corrected chi connectivity index (χ3v) is 4.42. The van der Waals surface area contributed by atoms with E-state index in [-0.39, 0.29) is 17.1 Å². The Labute approximate surface area is 154 Å². The Morgan fingerprint density at radius 2 is 1.81 bits per heavy atom. The van der Waals surface area contributed by atoms with Crippen LogP contribution in [-0.4, -0.2) is 23.1 Å². The largest absolute Gasteiger partial charge is 0.508 e. The molecule has 6 heteroatoms. The number of carbonyl (C=O) groups excluding carboxylic acids is 1. The van der Waals surface area contributed by atoms with Crippen LogP contribution in [0.2, 0.25) is 0 Å². The van der Waals surface area contributed by atoms with Gasteiger partial charge in [-0.3, -0.25) is 14.6 Å². The fraction of sp³-hybridized carbons (Fsp3) is 0.0476. The number of aromatic hydroxyl groups is 1. The molecule has 1 heterocycles. The maximum absolute atomic E-state index is 12.6. The first-order valence-electron chi connectivity index (χ1n) is 8.27. The molecule has 0 saturated carbocycles. The Bertz CT molecular complexity index is 1210. The lowest BCUT2D eigenvalue weighted by Gasteiger charge is -2.18. The van der Waals surface area contributed by atoms with Gasteiger partial charge in [-0.2, -0.15) is 0 Å². The lowest BCUT2D eigenvalue weighted by atomic mass is 9.90. The van der Waals surface area contributed by atoms with Gasteiger partial charge in [0, 0.05) is 41.3 Å². The van der Waals surface area contributed by atoms with Crippen LogP contribution in [0.1, 0.15) is 10.4 Å². The second kappa shape index (κ2) is 6.26. The molecule has 0 radical (unpaired) electrons. The summed E-state index contributed by atoms with van der Waals surface area (Å²) in [6, 6.07) is 16.4. The molecule has 1 aliphatic carbocycles. The van der Waals surface area contributed by atoms with Crippen molar-refractivity contribution in [3.63, 3.8) is 0 Å². The summed E-state index contributed by atoms with van der Waals surface area (Å²) < 4.78 is 5.84. The molecule has 0 spiro atoms. The van der Waals surface area contributed by atoms with E-state index >= 15 is 0 Å². The number of benzene rings is 3. The first-order valence-corrected chi connectivity index (χ1v) is 8.27. The number of amides is 1. The van der Waals surface area contributed by atoms with Crippen molar-refractivity contribution in [3.05, 3.63) is 76.5 Å². The van der Waals surface area contributed by atoms with Gasteiger partial charge in [0.05, 0.1) is 0 Å². The Morgan fingerprint density at radius 3 is 2.59 bits per heavy atom. The van der Waals surface area contributed by atoms with Crippen LogP contribution in [0.4, 0.5) is 0 Å². The topological polar surface area (TPSA) is 96.8 Å². The van der Waals surface area contributed by atoms with Crippen LogP contribution in [0.25, 0.3) is 33.4 Å². The molecule has 2 aromatic rings. The first kappa shape index (κ1) is 16.8. The fourth-order valence-electron chi connectivity index (χ4n) is 3.23. The van der Waals surface area contributed by atoms with E-state index in [1.807, 2.05) is 12.1 Å². The SMILES string of the molecule is CN(N)C(=O)c1ccccc1-c1c2ccc(=O)cc-2oc2cc(O)ccc12. The summed E-state index contributed by atoms with van der Waals surface area (Å²) in [6.45, 7) is 0. The van der Waals surface area contributed by atoms with Gasteiger partial charge in [-0.15, -0.1) is 0 Å². The highest BCUT2D eigenvalue weighted by Crippen LogP contribution is 2.41. The molecular weight excluding hydrogens is 344 g/mol. The van der Waals surface area contributed by atoms with Crippen molar-refractivity contribution in [3.8, 4) is 28.2 Å². The van der Waals surface area contributed by atoms with Gasteiger partial charge in [0.15, 0.2) is 5.43 Å². The van der Waals surface area contributed by atoms with Crippen molar-refractivity contribution in [1.82, 2.24) is 5.01 Å². The quantitative estimate of drug-likeness (QED) is 0.248. The zero-order valence-electron chi connectivity index (χ0n) is 14.5. The van der Waals surface area contributed by atoms with Gasteiger partial charge >= 0.3 is 0 Å². The molecule has 0 unspecified atom stereocenters. The molecule has 2 aliphatic rings. The number of fused-ring (bicyclic) bond motifs is 2. The molecule has 27 heavy (non-hydrogen) atoms. The summed E-state index contributed by atoms with van der Waals surface area (Å²) in [6.07, 6.45) is 0. The maximum Gasteiger partial charge on any atom is 0.268 e. The third kappa shape index (κ3) is 2.82. The number of rotatable bonds is 2. The number of carbonyl (C=O) groups is 1. The monoisotopic (exact) mass is 360 g/mol. The highest BCUT2D eigenvalue weighted by Gasteiger charge is 2.22. The predicted octanol–water partition coefficient (Wildman–Crippen LogP) is 3.22.